The standard InChI is InChI=1S/C30H41ClN10O4/c1-30(2,3)45-29(43)41-28(35)37-13-6-14-44-21-11-10-19-15-18(8-9-20(19)16-21)7-4-5-12-36-27(34)38-17-22(42)23-25(32)40-26(33)24(31)39-23/h8-11,15-16H,4-7,12-14,17H2,1-3H3,(H4,32,33,40)(H3,34,36,38)(H3,35,37,41,43). The van der Waals surface area contributed by atoms with Crippen molar-refractivity contribution < 1.29 is 19.1 Å². The molecule has 0 atom stereocenters. The highest BCUT2D eigenvalue weighted by atomic mass is 35.5. The molecule has 0 unspecified atom stereocenters. The topological polar surface area (TPSA) is 231 Å². The lowest BCUT2D eigenvalue weighted by Crippen LogP contribution is -2.40. The zero-order chi connectivity index (χ0) is 33.0. The summed E-state index contributed by atoms with van der Waals surface area (Å²) < 4.78 is 11.0. The molecule has 0 aliphatic heterocycles. The molecule has 3 aromatic rings. The fraction of sp³-hybridized carbons (Fsp3) is 0.400. The fourth-order valence-electron chi connectivity index (χ4n) is 4.03. The van der Waals surface area contributed by atoms with Crippen molar-refractivity contribution in [3.8, 4) is 5.75 Å². The predicted molar refractivity (Wildman–Crippen MR) is 178 cm³/mol. The zero-order valence-electron chi connectivity index (χ0n) is 25.7. The van der Waals surface area contributed by atoms with E-state index in [1.807, 2.05) is 18.2 Å². The number of guanidine groups is 2. The number of ketones is 1. The Hall–Kier alpha value is -4.85. The van der Waals surface area contributed by atoms with Crippen LogP contribution in [0.5, 0.6) is 5.75 Å². The lowest BCUT2D eigenvalue weighted by atomic mass is 10.0. The minimum absolute atomic E-state index is 0.00728. The van der Waals surface area contributed by atoms with Crippen LogP contribution in [-0.4, -0.2) is 65.6 Å². The van der Waals surface area contributed by atoms with Crippen molar-refractivity contribution in [1.82, 2.24) is 20.6 Å². The number of alkyl carbamates (subject to hydrolysis) is 1. The SMILES string of the molecule is CC(C)(C)OC(=O)NC(N)=NCCCOc1ccc2cc(CCCCNC(N)=NCC(=O)c3nc(Cl)c(N)nc3N)ccc2c1. The molecule has 242 valence electrons. The molecular weight excluding hydrogens is 600 g/mol. The van der Waals surface area contributed by atoms with Gasteiger partial charge in [-0.1, -0.05) is 35.9 Å². The second-order valence-electron chi connectivity index (χ2n) is 11.1. The number of carbonyl (C=O) groups excluding carboxylic acids is 2. The van der Waals surface area contributed by atoms with E-state index in [2.05, 4.69) is 48.8 Å². The first-order valence-electron chi connectivity index (χ1n) is 14.4. The van der Waals surface area contributed by atoms with Crippen molar-refractivity contribution in [3.63, 3.8) is 0 Å². The summed E-state index contributed by atoms with van der Waals surface area (Å²) >= 11 is 5.82. The molecule has 0 saturated carbocycles. The first-order chi connectivity index (χ1) is 21.3. The van der Waals surface area contributed by atoms with Crippen LogP contribution in [0.4, 0.5) is 16.4 Å². The maximum Gasteiger partial charge on any atom is 0.414 e. The Morgan fingerprint density at radius 3 is 2.42 bits per heavy atom. The number of nitrogens with two attached hydrogens (primary N) is 4. The van der Waals surface area contributed by atoms with Gasteiger partial charge in [-0.15, -0.1) is 0 Å². The summed E-state index contributed by atoms with van der Waals surface area (Å²) in [4.78, 5) is 39.9. The van der Waals surface area contributed by atoms with Gasteiger partial charge in [-0.25, -0.2) is 19.8 Å². The normalized spacial score (nSPS) is 12.2. The molecule has 0 saturated heterocycles. The number of aromatic nitrogens is 2. The number of Topliss-reactive ketones (excluding diaryl/α,β-unsaturated/α-hetero) is 1. The minimum Gasteiger partial charge on any atom is -0.494 e. The number of anilines is 2. The van der Waals surface area contributed by atoms with Gasteiger partial charge < -0.3 is 37.7 Å². The Morgan fingerprint density at radius 1 is 0.933 bits per heavy atom. The lowest BCUT2D eigenvalue weighted by Gasteiger charge is -2.19. The van der Waals surface area contributed by atoms with Crippen LogP contribution in [0.1, 0.15) is 56.1 Å². The van der Waals surface area contributed by atoms with Gasteiger partial charge in [-0.3, -0.25) is 15.1 Å². The second-order valence-corrected chi connectivity index (χ2v) is 11.4. The maximum absolute atomic E-state index is 12.3. The van der Waals surface area contributed by atoms with Crippen LogP contribution in [0.3, 0.4) is 0 Å². The van der Waals surface area contributed by atoms with Crippen LogP contribution in [-0.2, 0) is 11.2 Å². The molecule has 1 amide bonds. The second kappa shape index (κ2) is 16.3. The summed E-state index contributed by atoms with van der Waals surface area (Å²) in [6.07, 6.45) is 2.67. The van der Waals surface area contributed by atoms with Crippen LogP contribution >= 0.6 is 11.6 Å². The van der Waals surface area contributed by atoms with E-state index in [1.54, 1.807) is 20.8 Å². The molecule has 0 aliphatic carbocycles. The van der Waals surface area contributed by atoms with Crippen LogP contribution in [0.2, 0.25) is 5.15 Å². The van der Waals surface area contributed by atoms with Crippen LogP contribution in [0, 0.1) is 0 Å². The molecule has 45 heavy (non-hydrogen) atoms. The molecule has 15 heteroatoms. The average molecular weight is 641 g/mol. The summed E-state index contributed by atoms with van der Waals surface area (Å²) in [5, 5.41) is 7.51. The highest BCUT2D eigenvalue weighted by Crippen LogP contribution is 2.23. The zero-order valence-corrected chi connectivity index (χ0v) is 26.5. The smallest absolute Gasteiger partial charge is 0.414 e. The van der Waals surface area contributed by atoms with Crippen molar-refractivity contribution >= 4 is 57.8 Å². The number of aryl methyl sites for hydroxylation is 1. The molecule has 1 aromatic heterocycles. The van der Waals surface area contributed by atoms with Crippen molar-refractivity contribution in [1.29, 1.82) is 0 Å². The lowest BCUT2D eigenvalue weighted by molar-refractivity contribution is 0.0562. The number of carbonyl (C=O) groups is 2. The average Bonchev–Trinajstić information content (AvgIpc) is 2.96. The molecule has 0 fully saturated rings. The first kappa shape index (κ1) is 34.6. The number of aliphatic imine (C=N–C) groups is 2. The molecule has 2 aromatic carbocycles. The van der Waals surface area contributed by atoms with Crippen molar-refractivity contribution in [2.45, 2.75) is 52.1 Å². The van der Waals surface area contributed by atoms with E-state index in [9.17, 15) is 9.59 Å². The number of unbranched alkanes of at least 4 members (excludes halogenated alkanes) is 1. The number of amides is 1. The van der Waals surface area contributed by atoms with Crippen molar-refractivity contribution in [2.24, 2.45) is 21.5 Å². The van der Waals surface area contributed by atoms with Crippen LogP contribution in [0.25, 0.3) is 10.8 Å². The summed E-state index contributed by atoms with van der Waals surface area (Å²) in [6, 6.07) is 12.3. The largest absolute Gasteiger partial charge is 0.494 e. The summed E-state index contributed by atoms with van der Waals surface area (Å²) in [6.45, 7) is 6.51. The molecule has 1 heterocycles. The molecule has 0 aliphatic rings. The van der Waals surface area contributed by atoms with E-state index in [0.717, 1.165) is 35.8 Å². The van der Waals surface area contributed by atoms with Gasteiger partial charge in [-0.2, -0.15) is 0 Å². The maximum atomic E-state index is 12.3. The van der Waals surface area contributed by atoms with Crippen LogP contribution in [0.15, 0.2) is 46.4 Å². The number of benzene rings is 2. The number of hydrogen-bond acceptors (Lipinski definition) is 10. The highest BCUT2D eigenvalue weighted by molar-refractivity contribution is 6.31. The number of nitrogens with zero attached hydrogens (tertiary/aromatic N) is 4. The first-order valence-corrected chi connectivity index (χ1v) is 14.8. The van der Waals surface area contributed by atoms with E-state index >= 15 is 0 Å². The van der Waals surface area contributed by atoms with E-state index in [0.29, 0.717) is 26.1 Å². The Kier molecular flexibility index (Phi) is 12.5. The number of hydrogen-bond donors (Lipinski definition) is 6. The minimum atomic E-state index is -0.639. The number of rotatable bonds is 13. The van der Waals surface area contributed by atoms with Gasteiger partial charge >= 0.3 is 6.09 Å². The fourth-order valence-corrected chi connectivity index (χ4v) is 4.15. The molecular formula is C30H41ClN10O4. The molecule has 10 N–H and O–H groups in total. The number of halogens is 1. The Balaban J connectivity index is 1.35. The molecule has 0 bridgehead atoms. The number of nitrogens with one attached hydrogen (secondary N) is 2. The van der Waals surface area contributed by atoms with Gasteiger partial charge in [0.1, 0.15) is 17.9 Å². The summed E-state index contributed by atoms with van der Waals surface area (Å²) in [5.41, 5.74) is 23.4. The van der Waals surface area contributed by atoms with Gasteiger partial charge in [0, 0.05) is 19.5 Å². The summed E-state index contributed by atoms with van der Waals surface area (Å²) in [7, 11) is 0. The van der Waals surface area contributed by atoms with Crippen molar-refractivity contribution in [2.75, 3.05) is 37.7 Å². The molecule has 0 radical (unpaired) electrons. The third-order valence-corrected chi connectivity index (χ3v) is 6.40. The van der Waals surface area contributed by atoms with Gasteiger partial charge in [0.25, 0.3) is 0 Å². The molecule has 14 nitrogen and oxygen atoms in total. The van der Waals surface area contributed by atoms with E-state index < -0.39 is 17.5 Å². The van der Waals surface area contributed by atoms with Crippen LogP contribution < -0.4 is 38.3 Å². The molecule has 0 spiro atoms. The quantitative estimate of drug-likeness (QED) is 0.0687. The Bertz CT molecular complexity index is 1560. The Labute approximate surface area is 267 Å². The number of ether oxygens (including phenoxy) is 2. The van der Waals surface area contributed by atoms with Gasteiger partial charge in [0.15, 0.2) is 34.4 Å². The predicted octanol–water partition coefficient (Wildman–Crippen LogP) is 3.17. The molecule has 3 rings (SSSR count). The monoisotopic (exact) mass is 640 g/mol. The highest BCUT2D eigenvalue weighted by Gasteiger charge is 2.17. The van der Waals surface area contributed by atoms with Gasteiger partial charge in [-0.05, 0) is 68.5 Å². The van der Waals surface area contributed by atoms with Crippen molar-refractivity contribution in [3.05, 3.63) is 52.8 Å². The summed E-state index contributed by atoms with van der Waals surface area (Å²) in [5.74, 6) is 0.291. The third kappa shape index (κ3) is 12.0. The number of fused-ring (bicyclic) bond motifs is 1. The van der Waals surface area contributed by atoms with Gasteiger partial charge in [0.2, 0.25) is 5.78 Å². The van der Waals surface area contributed by atoms with E-state index in [-0.39, 0.29) is 40.9 Å². The van der Waals surface area contributed by atoms with E-state index in [4.69, 9.17) is 44.0 Å². The number of nitrogen functional groups attached to an aromatic ring is 2. The van der Waals surface area contributed by atoms with Gasteiger partial charge in [0.05, 0.1) is 6.61 Å². The van der Waals surface area contributed by atoms with E-state index in [1.165, 1.54) is 5.56 Å². The third-order valence-electron chi connectivity index (χ3n) is 6.12. The Morgan fingerprint density at radius 2 is 1.67 bits per heavy atom.